The van der Waals surface area contributed by atoms with Gasteiger partial charge in [-0.15, -0.1) is 5.10 Å². The van der Waals surface area contributed by atoms with Gasteiger partial charge in [0.15, 0.2) is 22.9 Å². The number of ether oxygens (including phenoxy) is 2. The van der Waals surface area contributed by atoms with Gasteiger partial charge < -0.3 is 24.1 Å². The van der Waals surface area contributed by atoms with Crippen LogP contribution in [0.4, 0.5) is 16.0 Å². The number of piperazine rings is 1. The summed E-state index contributed by atoms with van der Waals surface area (Å²) in [7, 11) is 3.23. The van der Waals surface area contributed by atoms with Crippen molar-refractivity contribution in [1.29, 1.82) is 0 Å². The minimum atomic E-state index is -0.220. The van der Waals surface area contributed by atoms with Crippen molar-refractivity contribution in [3.63, 3.8) is 0 Å². The molecule has 0 radical (unpaired) electrons. The van der Waals surface area contributed by atoms with Gasteiger partial charge in [0, 0.05) is 56.7 Å². The fourth-order valence-corrected chi connectivity index (χ4v) is 4.89. The van der Waals surface area contributed by atoms with Crippen LogP contribution >= 0.6 is 0 Å². The molecule has 4 heterocycles. The Bertz CT molecular complexity index is 1580. The second-order valence-electron chi connectivity index (χ2n) is 9.54. The number of methoxy groups -OCH3 is 2. The van der Waals surface area contributed by atoms with E-state index >= 15 is 0 Å². The first kappa shape index (κ1) is 25.6. The number of anilines is 2. The lowest BCUT2D eigenvalue weighted by molar-refractivity contribution is 0.250. The number of hydrogen-bond acceptors (Lipinski definition) is 9. The van der Waals surface area contributed by atoms with Crippen LogP contribution in [0.2, 0.25) is 0 Å². The monoisotopic (exact) mass is 543 g/mol. The first-order chi connectivity index (χ1) is 19.6. The quantitative estimate of drug-likeness (QED) is 0.289. The van der Waals surface area contributed by atoms with Crippen LogP contribution in [0, 0.1) is 5.82 Å². The lowest BCUT2D eigenvalue weighted by atomic mass is 10.2. The van der Waals surface area contributed by atoms with Gasteiger partial charge in [0.05, 0.1) is 20.5 Å². The number of halogens is 1. The van der Waals surface area contributed by atoms with Crippen LogP contribution in [0.3, 0.4) is 0 Å². The summed E-state index contributed by atoms with van der Waals surface area (Å²) < 4.78 is 31.4. The van der Waals surface area contributed by atoms with E-state index in [1.165, 1.54) is 12.1 Å². The van der Waals surface area contributed by atoms with Crippen LogP contribution in [0.1, 0.15) is 11.1 Å². The molecule has 40 heavy (non-hydrogen) atoms. The van der Waals surface area contributed by atoms with Gasteiger partial charge in [-0.25, -0.2) is 14.4 Å². The smallest absolute Gasteiger partial charge is 0.226 e. The van der Waals surface area contributed by atoms with Crippen LogP contribution in [-0.4, -0.2) is 64.9 Å². The fraction of sp³-hybridized carbons (Fsp3) is 0.276. The zero-order valence-corrected chi connectivity index (χ0v) is 22.4. The van der Waals surface area contributed by atoms with Crippen molar-refractivity contribution in [2.24, 2.45) is 0 Å². The van der Waals surface area contributed by atoms with Gasteiger partial charge in [0.1, 0.15) is 5.82 Å². The second kappa shape index (κ2) is 11.2. The normalized spacial score (nSPS) is 14.0. The Kier molecular flexibility index (Phi) is 7.19. The zero-order valence-electron chi connectivity index (χ0n) is 22.4. The molecule has 11 heteroatoms. The minimum absolute atomic E-state index is 0.220. The molecule has 0 unspecified atom stereocenters. The molecule has 0 atom stereocenters. The Balaban J connectivity index is 1.22. The van der Waals surface area contributed by atoms with Crippen molar-refractivity contribution in [2.75, 3.05) is 50.6 Å². The Morgan fingerprint density at radius 2 is 1.77 bits per heavy atom. The SMILES string of the molecule is COc1ccc(CNc2ncc(CN3CCN(c4ccc(F)cc4)CC3)c3nc(-c4ccco4)nn23)cc1OC. The Morgan fingerprint density at radius 3 is 2.50 bits per heavy atom. The molecule has 0 bridgehead atoms. The fourth-order valence-electron chi connectivity index (χ4n) is 4.89. The third-order valence-electron chi connectivity index (χ3n) is 7.04. The highest BCUT2D eigenvalue weighted by Gasteiger charge is 2.21. The Morgan fingerprint density at radius 1 is 0.975 bits per heavy atom. The predicted octanol–water partition coefficient (Wildman–Crippen LogP) is 4.47. The molecule has 3 aromatic heterocycles. The van der Waals surface area contributed by atoms with Gasteiger partial charge >= 0.3 is 0 Å². The molecule has 1 saturated heterocycles. The molecule has 6 rings (SSSR count). The van der Waals surface area contributed by atoms with E-state index in [1.54, 1.807) is 25.0 Å². The number of rotatable bonds is 9. The number of benzene rings is 2. The van der Waals surface area contributed by atoms with Crippen LogP contribution in [0.5, 0.6) is 11.5 Å². The van der Waals surface area contributed by atoms with Crippen LogP contribution in [0.15, 0.2) is 71.5 Å². The standard InChI is InChI=1S/C29H30FN7O3/c1-38-24-10-5-20(16-26(24)39-2)17-31-29-32-18-21(28-33-27(34-37(28)29)25-4-3-15-40-25)19-35-11-13-36(14-12-35)23-8-6-22(30)7-9-23/h3-10,15-16,18H,11-14,17,19H2,1-2H3,(H,31,32). The van der Waals surface area contributed by atoms with Crippen LogP contribution in [-0.2, 0) is 13.1 Å². The summed E-state index contributed by atoms with van der Waals surface area (Å²) in [6.07, 6.45) is 3.47. The van der Waals surface area contributed by atoms with E-state index in [9.17, 15) is 4.39 Å². The van der Waals surface area contributed by atoms with E-state index in [-0.39, 0.29) is 5.82 Å². The molecule has 1 fully saturated rings. The third-order valence-corrected chi connectivity index (χ3v) is 7.04. The zero-order chi connectivity index (χ0) is 27.5. The number of nitrogens with zero attached hydrogens (tertiary/aromatic N) is 6. The van der Waals surface area contributed by atoms with Gasteiger partial charge in [0.25, 0.3) is 0 Å². The average molecular weight is 544 g/mol. The molecule has 0 saturated carbocycles. The van der Waals surface area contributed by atoms with Crippen molar-refractivity contribution in [1.82, 2.24) is 24.5 Å². The summed E-state index contributed by atoms with van der Waals surface area (Å²) >= 11 is 0. The Labute approximate surface area is 231 Å². The van der Waals surface area contributed by atoms with Crippen LogP contribution in [0.25, 0.3) is 17.2 Å². The maximum Gasteiger partial charge on any atom is 0.226 e. The average Bonchev–Trinajstić information content (AvgIpc) is 3.69. The maximum atomic E-state index is 13.3. The van der Waals surface area contributed by atoms with Crippen molar-refractivity contribution < 1.29 is 18.3 Å². The van der Waals surface area contributed by atoms with Gasteiger partial charge in [-0.3, -0.25) is 4.90 Å². The van der Waals surface area contributed by atoms with Crippen molar-refractivity contribution in [2.45, 2.75) is 13.1 Å². The molecule has 1 aliphatic heterocycles. The number of fused-ring (bicyclic) bond motifs is 1. The van der Waals surface area contributed by atoms with Gasteiger partial charge in [-0.05, 0) is 54.1 Å². The molecule has 206 valence electrons. The van der Waals surface area contributed by atoms with E-state index in [0.29, 0.717) is 42.1 Å². The number of hydrogen-bond donors (Lipinski definition) is 1. The molecule has 10 nitrogen and oxygen atoms in total. The summed E-state index contributed by atoms with van der Waals surface area (Å²) in [6.45, 7) is 4.61. The first-order valence-electron chi connectivity index (χ1n) is 13.1. The molecule has 2 aromatic carbocycles. The van der Waals surface area contributed by atoms with E-state index < -0.39 is 0 Å². The molecule has 1 aliphatic rings. The number of nitrogens with one attached hydrogen (secondary N) is 1. The topological polar surface area (TPSA) is 93.2 Å². The molecular weight excluding hydrogens is 513 g/mol. The summed E-state index contributed by atoms with van der Waals surface area (Å²) in [6, 6.07) is 16.1. The van der Waals surface area contributed by atoms with Crippen molar-refractivity contribution in [3.05, 3.63) is 84.0 Å². The lowest BCUT2D eigenvalue weighted by Crippen LogP contribution is -2.46. The van der Waals surface area contributed by atoms with E-state index in [2.05, 4.69) is 15.1 Å². The van der Waals surface area contributed by atoms with E-state index in [4.69, 9.17) is 29.0 Å². The largest absolute Gasteiger partial charge is 0.493 e. The van der Waals surface area contributed by atoms with Crippen LogP contribution < -0.4 is 19.7 Å². The minimum Gasteiger partial charge on any atom is -0.493 e. The summed E-state index contributed by atoms with van der Waals surface area (Å²) in [4.78, 5) is 14.2. The summed E-state index contributed by atoms with van der Waals surface area (Å²) in [5.74, 6) is 2.77. The van der Waals surface area contributed by atoms with Gasteiger partial charge in [0.2, 0.25) is 11.8 Å². The van der Waals surface area contributed by atoms with Gasteiger partial charge in [-0.1, -0.05) is 6.07 Å². The highest BCUT2D eigenvalue weighted by Crippen LogP contribution is 2.28. The van der Waals surface area contributed by atoms with Gasteiger partial charge in [-0.2, -0.15) is 4.52 Å². The molecule has 0 aliphatic carbocycles. The van der Waals surface area contributed by atoms with E-state index in [0.717, 1.165) is 48.6 Å². The third kappa shape index (κ3) is 5.28. The Hall–Kier alpha value is -4.64. The number of furan rings is 1. The summed E-state index contributed by atoms with van der Waals surface area (Å²) in [5.41, 5.74) is 3.73. The number of aromatic nitrogens is 4. The highest BCUT2D eigenvalue weighted by molar-refractivity contribution is 5.58. The first-order valence-corrected chi connectivity index (χ1v) is 13.1. The highest BCUT2D eigenvalue weighted by atomic mass is 19.1. The summed E-state index contributed by atoms with van der Waals surface area (Å²) in [5, 5.41) is 8.11. The van der Waals surface area contributed by atoms with Crippen molar-refractivity contribution >= 4 is 17.3 Å². The maximum absolute atomic E-state index is 13.3. The molecule has 0 amide bonds. The van der Waals surface area contributed by atoms with Crippen molar-refractivity contribution in [3.8, 4) is 23.1 Å². The molecule has 0 spiro atoms. The molecule has 5 aromatic rings. The predicted molar refractivity (Wildman–Crippen MR) is 149 cm³/mol. The lowest BCUT2D eigenvalue weighted by Gasteiger charge is -2.36. The second-order valence-corrected chi connectivity index (χ2v) is 9.54. The molecular formula is C29H30FN7O3. The molecule has 1 N–H and O–H groups in total. The van der Waals surface area contributed by atoms with E-state index in [1.807, 2.05) is 48.7 Å².